The van der Waals surface area contributed by atoms with Gasteiger partial charge in [0.2, 0.25) is 0 Å². The van der Waals surface area contributed by atoms with Crippen molar-refractivity contribution in [2.24, 2.45) is 0 Å². The molecule has 3 aromatic heterocycles. The molecule has 0 saturated heterocycles. The fourth-order valence-electron chi connectivity index (χ4n) is 2.15. The number of furan rings is 1. The smallest absolute Gasteiger partial charge is 0.327 e. The maximum Gasteiger partial charge on any atom is 0.327 e. The molecule has 3 heterocycles. The Balaban J connectivity index is 2.00. The van der Waals surface area contributed by atoms with Gasteiger partial charge < -0.3 is 9.40 Å². The van der Waals surface area contributed by atoms with Crippen LogP contribution in [0.5, 0.6) is 0 Å². The van der Waals surface area contributed by atoms with Crippen LogP contribution >= 0.6 is 0 Å². The fourth-order valence-corrected chi connectivity index (χ4v) is 2.15. The first kappa shape index (κ1) is 10.8. The number of hydrogen-bond acceptors (Lipinski definition) is 4. The number of H-pyrrole nitrogens is 3. The highest BCUT2D eigenvalue weighted by Crippen LogP contribution is 2.26. The van der Waals surface area contributed by atoms with E-state index in [1.54, 1.807) is 0 Å². The quantitative estimate of drug-likeness (QED) is 0.484. The summed E-state index contributed by atoms with van der Waals surface area (Å²) in [6, 6.07) is 9.36. The lowest BCUT2D eigenvalue weighted by Crippen LogP contribution is -2.21. The van der Waals surface area contributed by atoms with Crippen LogP contribution in [-0.2, 0) is 0 Å². The number of nitrogens with one attached hydrogen (secondary N) is 3. The van der Waals surface area contributed by atoms with E-state index >= 15 is 0 Å². The molecule has 4 rings (SSSR count). The normalized spacial score (nSPS) is 11.4. The highest BCUT2D eigenvalue weighted by Gasteiger charge is 2.12. The Kier molecular flexibility index (Phi) is 2.00. The minimum absolute atomic E-state index is 0.203. The second-order valence-electron chi connectivity index (χ2n) is 4.37. The Bertz CT molecular complexity index is 1020. The minimum atomic E-state index is -0.592. The summed E-state index contributed by atoms with van der Waals surface area (Å²) in [5, 5.41) is 0.936. The number of imidazole rings is 1. The van der Waals surface area contributed by atoms with Gasteiger partial charge in [0.15, 0.2) is 17.2 Å². The Morgan fingerprint density at radius 1 is 1.05 bits per heavy atom. The lowest BCUT2D eigenvalue weighted by molar-refractivity contribution is 0.626. The lowest BCUT2D eigenvalue weighted by Gasteiger charge is -1.86. The molecule has 0 unspecified atom stereocenters. The predicted molar refractivity (Wildman–Crippen MR) is 72.5 cm³/mol. The molecular weight excluding hydrogens is 260 g/mol. The molecule has 0 aliphatic heterocycles. The Morgan fingerprint density at radius 3 is 2.75 bits per heavy atom. The zero-order chi connectivity index (χ0) is 13.7. The number of aromatic nitrogens is 4. The molecule has 0 spiro atoms. The number of fused-ring (bicyclic) bond motifs is 2. The van der Waals surface area contributed by atoms with Gasteiger partial charge in [-0.2, -0.15) is 0 Å². The van der Waals surface area contributed by atoms with E-state index in [-0.39, 0.29) is 11.2 Å². The largest absolute Gasteiger partial charge is 0.453 e. The van der Waals surface area contributed by atoms with Crippen molar-refractivity contribution in [2.45, 2.75) is 0 Å². The third-order valence-corrected chi connectivity index (χ3v) is 3.05. The number of hydrogen-bond donors (Lipinski definition) is 3. The van der Waals surface area contributed by atoms with E-state index in [0.29, 0.717) is 11.6 Å². The maximum atomic E-state index is 11.6. The molecule has 1 aromatic carbocycles. The van der Waals surface area contributed by atoms with Gasteiger partial charge in [0.05, 0.1) is 0 Å². The molecule has 98 valence electrons. The van der Waals surface area contributed by atoms with E-state index in [1.807, 2.05) is 30.3 Å². The molecule has 4 aromatic rings. The van der Waals surface area contributed by atoms with E-state index in [0.717, 1.165) is 11.0 Å². The van der Waals surface area contributed by atoms with Gasteiger partial charge in [-0.15, -0.1) is 0 Å². The molecule has 7 heteroatoms. The molecule has 7 nitrogen and oxygen atoms in total. The second-order valence-corrected chi connectivity index (χ2v) is 4.37. The number of aromatic amines is 3. The van der Waals surface area contributed by atoms with Gasteiger partial charge in [-0.3, -0.25) is 14.8 Å². The summed E-state index contributed by atoms with van der Waals surface area (Å²) in [5.41, 5.74) is 0.0309. The molecule has 0 amide bonds. The van der Waals surface area contributed by atoms with Crippen molar-refractivity contribution >= 4 is 22.1 Å². The molecule has 20 heavy (non-hydrogen) atoms. The SMILES string of the molecule is O=c1[nH]c(=O)c2[nH]c(-c3cc4ccccc4o3)nc2[nH]1. The van der Waals surface area contributed by atoms with Crippen molar-refractivity contribution in [1.82, 2.24) is 19.9 Å². The van der Waals surface area contributed by atoms with Gasteiger partial charge in [-0.25, -0.2) is 9.78 Å². The molecule has 0 saturated carbocycles. The van der Waals surface area contributed by atoms with Crippen LogP contribution in [0.2, 0.25) is 0 Å². The summed E-state index contributed by atoms with van der Waals surface area (Å²) in [6.07, 6.45) is 0. The number of rotatable bonds is 1. The summed E-state index contributed by atoms with van der Waals surface area (Å²) < 4.78 is 5.66. The van der Waals surface area contributed by atoms with Crippen LogP contribution in [0.3, 0.4) is 0 Å². The Labute approximate surface area is 110 Å². The third kappa shape index (κ3) is 1.50. The highest BCUT2D eigenvalue weighted by molar-refractivity contribution is 5.83. The van der Waals surface area contributed by atoms with Crippen molar-refractivity contribution in [3.63, 3.8) is 0 Å². The van der Waals surface area contributed by atoms with Crippen molar-refractivity contribution in [1.29, 1.82) is 0 Å². The number of benzene rings is 1. The first-order valence-electron chi connectivity index (χ1n) is 5.92. The van der Waals surface area contributed by atoms with Crippen LogP contribution in [0.15, 0.2) is 44.3 Å². The molecule has 3 N–H and O–H groups in total. The summed E-state index contributed by atoms with van der Waals surface area (Å²) in [7, 11) is 0. The first-order valence-corrected chi connectivity index (χ1v) is 5.92. The molecule has 0 radical (unpaired) electrons. The highest BCUT2D eigenvalue weighted by atomic mass is 16.3. The summed E-state index contributed by atoms with van der Waals surface area (Å²) in [4.78, 5) is 34.5. The van der Waals surface area contributed by atoms with Crippen molar-refractivity contribution < 1.29 is 4.42 Å². The minimum Gasteiger partial charge on any atom is -0.453 e. The van der Waals surface area contributed by atoms with Gasteiger partial charge >= 0.3 is 5.69 Å². The van der Waals surface area contributed by atoms with Crippen LogP contribution in [0.1, 0.15) is 0 Å². The van der Waals surface area contributed by atoms with E-state index in [2.05, 4.69) is 19.9 Å². The number of nitrogens with zero attached hydrogens (tertiary/aromatic N) is 1. The molecule has 0 aliphatic rings. The zero-order valence-electron chi connectivity index (χ0n) is 10.1. The van der Waals surface area contributed by atoms with Gasteiger partial charge in [0.1, 0.15) is 11.1 Å². The van der Waals surface area contributed by atoms with Gasteiger partial charge in [-0.1, -0.05) is 18.2 Å². The van der Waals surface area contributed by atoms with E-state index in [9.17, 15) is 9.59 Å². The van der Waals surface area contributed by atoms with Crippen LogP contribution in [-0.4, -0.2) is 19.9 Å². The molecular formula is C13H8N4O3. The van der Waals surface area contributed by atoms with Crippen LogP contribution in [0.4, 0.5) is 0 Å². The summed E-state index contributed by atoms with van der Waals surface area (Å²) in [6.45, 7) is 0. The summed E-state index contributed by atoms with van der Waals surface area (Å²) >= 11 is 0. The molecule has 0 atom stereocenters. The van der Waals surface area contributed by atoms with E-state index < -0.39 is 11.2 Å². The standard InChI is InChI=1S/C13H8N4O3/c18-12-9-11(16-13(19)17-12)15-10(14-9)8-5-6-3-1-2-4-7(6)20-8/h1-5H,(H3,14,15,16,17,18,19). The van der Waals surface area contributed by atoms with E-state index in [1.165, 1.54) is 0 Å². The lowest BCUT2D eigenvalue weighted by atomic mass is 10.2. The van der Waals surface area contributed by atoms with Gasteiger partial charge in [0.25, 0.3) is 5.56 Å². The van der Waals surface area contributed by atoms with Crippen LogP contribution in [0, 0.1) is 0 Å². The second kappa shape index (κ2) is 3.70. The van der Waals surface area contributed by atoms with Crippen molar-refractivity contribution in [2.75, 3.05) is 0 Å². The predicted octanol–water partition coefficient (Wildman–Crippen LogP) is 1.35. The monoisotopic (exact) mass is 268 g/mol. The topological polar surface area (TPSA) is 108 Å². The zero-order valence-corrected chi connectivity index (χ0v) is 10.1. The Hall–Kier alpha value is -3.09. The molecule has 0 bridgehead atoms. The third-order valence-electron chi connectivity index (χ3n) is 3.05. The first-order chi connectivity index (χ1) is 9.70. The van der Waals surface area contributed by atoms with Crippen molar-refractivity contribution in [3.8, 4) is 11.6 Å². The van der Waals surface area contributed by atoms with Gasteiger partial charge in [0, 0.05) is 5.39 Å². The molecule has 0 aliphatic carbocycles. The number of para-hydroxylation sites is 1. The van der Waals surface area contributed by atoms with Crippen LogP contribution < -0.4 is 11.2 Å². The van der Waals surface area contributed by atoms with Gasteiger partial charge in [-0.05, 0) is 12.1 Å². The average Bonchev–Trinajstić information content (AvgIpc) is 3.01. The Morgan fingerprint density at radius 2 is 1.90 bits per heavy atom. The maximum absolute atomic E-state index is 11.6. The van der Waals surface area contributed by atoms with Crippen LogP contribution in [0.25, 0.3) is 33.7 Å². The fraction of sp³-hybridized carbons (Fsp3) is 0. The van der Waals surface area contributed by atoms with Crippen molar-refractivity contribution in [3.05, 3.63) is 51.2 Å². The van der Waals surface area contributed by atoms with E-state index in [4.69, 9.17) is 4.42 Å². The molecule has 0 fully saturated rings. The summed E-state index contributed by atoms with van der Waals surface area (Å²) in [5.74, 6) is 0.895. The average molecular weight is 268 g/mol.